The minimum atomic E-state index is -5.08. The van der Waals surface area contributed by atoms with Gasteiger partial charge < -0.3 is 94.7 Å². The Hall–Kier alpha value is -10.6. The maximum absolute atomic E-state index is 14.8. The van der Waals surface area contributed by atoms with Crippen molar-refractivity contribution in [3.8, 4) is 5.75 Å². The number of benzene rings is 2. The SMILES string of the molecule is CC(C)C[C@H](NC(=O)[C@@H](COC(C)(C)C)NC(=O)[C@H](Cc1ccc(O)cc1)NC(=O)[C@@H](CO)NC(=O)[C@H](Cc1c[nH]c2ccccc12)NC(=O)[C@H](Cc1cnc[nH]1)NC(=O)[C@@H]1CCC(=O)N1)C(=O)N[C@@H](CCCN=C(N)N)C(=O)N1CCC[C@H]1C(=O)NNC(N)=O.O=C(O)C(F)(F)F. The number of H-pyrrole nitrogens is 2. The number of carbonyl (C=O) groups is 12. The van der Waals surface area contributed by atoms with Crippen LogP contribution in [0.15, 0.2) is 72.2 Å². The Bertz CT molecular complexity index is 3470. The first-order valence-electron chi connectivity index (χ1n) is 31.1. The summed E-state index contributed by atoms with van der Waals surface area (Å²) in [7, 11) is 0. The fourth-order valence-corrected chi connectivity index (χ4v) is 10.2. The lowest BCUT2D eigenvalue weighted by atomic mass is 10.0. The molecule has 0 radical (unpaired) electrons. The Balaban J connectivity index is 0.00000234. The lowest BCUT2D eigenvalue weighted by Gasteiger charge is -2.31. The van der Waals surface area contributed by atoms with Crippen molar-refractivity contribution >= 4 is 87.9 Å². The Morgan fingerprint density at radius 2 is 1.30 bits per heavy atom. The molecular formula is C61H85F3N18O16. The number of guanidine groups is 1. The molecule has 37 heteroatoms. The number of nitrogens with two attached hydrogens (primary N) is 3. The van der Waals surface area contributed by atoms with Crippen LogP contribution in [0, 0.1) is 5.92 Å². The van der Waals surface area contributed by atoms with Crippen LogP contribution in [0.2, 0.25) is 0 Å². The fraction of sp³-hybridized carbons (Fsp3) is 0.508. The van der Waals surface area contributed by atoms with Crippen LogP contribution in [0.25, 0.3) is 10.9 Å². The van der Waals surface area contributed by atoms with Gasteiger partial charge in [0.05, 0.1) is 25.1 Å². The normalized spacial score (nSPS) is 16.6. The van der Waals surface area contributed by atoms with Crippen molar-refractivity contribution in [2.75, 3.05) is 26.3 Å². The summed E-state index contributed by atoms with van der Waals surface area (Å²) >= 11 is 0. The number of aromatic hydroxyl groups is 1. The molecule has 2 aromatic carbocycles. The maximum atomic E-state index is 14.8. The van der Waals surface area contributed by atoms with Crippen LogP contribution in [0.4, 0.5) is 18.0 Å². The molecule has 2 aliphatic rings. The highest BCUT2D eigenvalue weighted by Crippen LogP contribution is 2.23. The molecule has 4 aromatic rings. The first-order chi connectivity index (χ1) is 46.1. The Morgan fingerprint density at radius 1 is 0.724 bits per heavy atom. The van der Waals surface area contributed by atoms with Crippen molar-refractivity contribution in [1.82, 2.24) is 73.2 Å². The molecule has 2 saturated heterocycles. The smallest absolute Gasteiger partial charge is 0.490 e. The first kappa shape index (κ1) is 78.1. The Labute approximate surface area is 559 Å². The molecule has 0 aliphatic carbocycles. The number of phenolic OH excluding ortho intramolecular Hbond substituents is 1. The summed E-state index contributed by atoms with van der Waals surface area (Å²) in [5, 5.41) is 49.9. The predicted octanol–water partition coefficient (Wildman–Crippen LogP) is -2.47. The second-order valence-corrected chi connectivity index (χ2v) is 24.5. The first-order valence-corrected chi connectivity index (χ1v) is 31.1. The minimum absolute atomic E-state index is 0.00453. The summed E-state index contributed by atoms with van der Waals surface area (Å²) in [4.78, 5) is 176. The number of carboxylic acid groups (broad SMARTS) is 1. The molecule has 34 nitrogen and oxygen atoms in total. The van der Waals surface area contributed by atoms with Gasteiger partial charge in [0.1, 0.15) is 60.1 Å². The van der Waals surface area contributed by atoms with Crippen LogP contribution in [0.3, 0.4) is 0 Å². The van der Waals surface area contributed by atoms with E-state index in [4.69, 9.17) is 31.8 Å². The summed E-state index contributed by atoms with van der Waals surface area (Å²) in [5.74, 6) is -11.3. The number of imidazole rings is 1. The molecule has 12 amide bonds. The molecule has 0 spiro atoms. The lowest BCUT2D eigenvalue weighted by molar-refractivity contribution is -0.192. The zero-order valence-corrected chi connectivity index (χ0v) is 54.4. The third kappa shape index (κ3) is 25.2. The molecule has 4 heterocycles. The van der Waals surface area contributed by atoms with Crippen molar-refractivity contribution < 1.29 is 90.8 Å². The summed E-state index contributed by atoms with van der Waals surface area (Å²) in [5.41, 5.74) is 21.6. The third-order valence-electron chi connectivity index (χ3n) is 15.1. The largest absolute Gasteiger partial charge is 0.508 e. The quantitative estimate of drug-likeness (QED) is 0.0107. The number of likely N-dealkylation sites (tertiary alicyclic amines) is 1. The molecule has 98 heavy (non-hydrogen) atoms. The number of nitrogens with one attached hydrogen (secondary N) is 12. The highest BCUT2D eigenvalue weighted by Gasteiger charge is 2.41. The number of rotatable bonds is 31. The van der Waals surface area contributed by atoms with E-state index >= 15 is 0 Å². The average Bonchev–Trinajstić information content (AvgIpc) is 1.56. The summed E-state index contributed by atoms with van der Waals surface area (Å²) in [6.45, 7) is 7.28. The van der Waals surface area contributed by atoms with E-state index in [2.05, 4.69) is 67.9 Å². The topological polar surface area (TPSA) is 533 Å². The number of aliphatic hydroxyl groups excluding tert-OH is 1. The number of carbonyl (C=O) groups excluding carboxylic acids is 11. The van der Waals surface area contributed by atoms with Crippen molar-refractivity contribution in [1.29, 1.82) is 0 Å². The summed E-state index contributed by atoms with van der Waals surface area (Å²) in [6.07, 6.45) is -0.175. The number of alkyl halides is 3. The van der Waals surface area contributed by atoms with E-state index in [1.807, 2.05) is 5.43 Å². The monoisotopic (exact) mass is 1380 g/mol. The number of phenols is 1. The molecule has 536 valence electrons. The second kappa shape index (κ2) is 36.5. The molecule has 0 unspecified atom stereocenters. The van der Waals surface area contributed by atoms with Gasteiger partial charge >= 0.3 is 18.2 Å². The van der Waals surface area contributed by atoms with Gasteiger partial charge in [-0.2, -0.15) is 13.2 Å². The minimum Gasteiger partial charge on any atom is -0.508 e. The molecule has 2 aliphatic heterocycles. The standard InChI is InChI=1S/C59H84N18O14.C2HF3O2/c1-31(2)22-40(49(82)68-39(12-8-20-64-57(60)61)56(89)77-21-9-13-46(77)55(88)75-76-58(62)90)69-54(87)45(29-91-59(3,4)5)74-50(83)41(23-32-14-16-35(79)17-15-32)70-53(86)44(28-78)73-51(84)42(24-33-26-65-37-11-7-6-10-36(33)37)71-52(85)43(25-34-27-63-30-66-34)72-48(81)38-18-19-47(80)67-38;3-2(4,5)1(6)7/h6-7,10-11,14-17,26-27,30-31,38-46,65,78-79H,8-9,12-13,18-25,28-29H2,1-5H3,(H,63,66)(H,67,80)(H,68,82)(H,69,87)(H,70,86)(H,71,85)(H,72,81)(H,73,84)(H,74,83)(H,75,88)(H4,60,61,64)(H3,62,76,90);(H,6,7)/t38-,39-,40-,41-,42-,43-,44+,45+,46-;/m0./s1. The van der Waals surface area contributed by atoms with E-state index in [0.29, 0.717) is 34.1 Å². The van der Waals surface area contributed by atoms with Crippen LogP contribution in [-0.4, -0.2) is 205 Å². The molecule has 21 N–H and O–H groups in total. The number of hydrogen-bond acceptors (Lipinski definition) is 17. The van der Waals surface area contributed by atoms with Gasteiger partial charge in [-0.3, -0.25) is 58.4 Å². The van der Waals surface area contributed by atoms with E-state index in [9.17, 15) is 76.1 Å². The maximum Gasteiger partial charge on any atom is 0.490 e. The van der Waals surface area contributed by atoms with Crippen molar-refractivity contribution in [2.45, 2.75) is 165 Å². The van der Waals surface area contributed by atoms with Crippen LogP contribution in [0.1, 0.15) is 96.4 Å². The molecule has 9 atom stereocenters. The number of halogens is 3. The molecule has 2 aromatic heterocycles. The number of hydrogen-bond donors (Lipinski definition) is 18. The van der Waals surface area contributed by atoms with Gasteiger partial charge in [-0.1, -0.05) is 44.2 Å². The lowest BCUT2D eigenvalue weighted by Crippen LogP contribution is -2.62. The van der Waals surface area contributed by atoms with Crippen molar-refractivity contribution in [3.05, 3.63) is 84.1 Å². The number of carboxylic acids is 1. The van der Waals surface area contributed by atoms with Gasteiger partial charge in [0, 0.05) is 67.8 Å². The van der Waals surface area contributed by atoms with Gasteiger partial charge in [0.25, 0.3) is 5.91 Å². The molecule has 0 saturated carbocycles. The van der Waals surface area contributed by atoms with Crippen molar-refractivity contribution in [3.63, 3.8) is 0 Å². The van der Waals surface area contributed by atoms with Crippen LogP contribution in [-0.2, 0) is 76.7 Å². The van der Waals surface area contributed by atoms with E-state index in [-0.39, 0.29) is 94.4 Å². The number of aromatic amines is 2. The van der Waals surface area contributed by atoms with Crippen LogP contribution in [0.5, 0.6) is 5.75 Å². The van der Waals surface area contributed by atoms with E-state index < -0.39 is 145 Å². The Morgan fingerprint density at radius 3 is 1.87 bits per heavy atom. The van der Waals surface area contributed by atoms with E-state index in [0.717, 1.165) is 0 Å². The summed E-state index contributed by atoms with van der Waals surface area (Å²) < 4.78 is 37.8. The second-order valence-electron chi connectivity index (χ2n) is 24.5. The number of ether oxygens (including phenoxy) is 1. The zero-order valence-electron chi connectivity index (χ0n) is 54.4. The Kier molecular flexibility index (Phi) is 29.1. The fourth-order valence-electron chi connectivity index (χ4n) is 10.2. The number of hydrazine groups is 1. The molecule has 6 rings (SSSR count). The number of aliphatic hydroxyl groups is 1. The number of amides is 12. The predicted molar refractivity (Wildman–Crippen MR) is 342 cm³/mol. The van der Waals surface area contributed by atoms with E-state index in [1.54, 1.807) is 65.1 Å². The number of aromatic nitrogens is 3. The summed E-state index contributed by atoms with van der Waals surface area (Å²) in [6, 6.07) is -0.716. The number of aliphatic imine (C=N–C) groups is 1. The number of urea groups is 1. The van der Waals surface area contributed by atoms with Gasteiger partial charge in [0.2, 0.25) is 53.2 Å². The number of para-hydroxylation sites is 1. The molecular weight excluding hydrogens is 1300 g/mol. The van der Waals surface area contributed by atoms with Crippen LogP contribution < -0.4 is 70.6 Å². The van der Waals surface area contributed by atoms with Crippen LogP contribution >= 0.6 is 0 Å². The molecule has 2 fully saturated rings. The average molecular weight is 1380 g/mol. The van der Waals surface area contributed by atoms with Gasteiger partial charge in [0.15, 0.2) is 5.96 Å². The van der Waals surface area contributed by atoms with E-state index in [1.165, 1.54) is 41.7 Å². The number of nitrogens with zero attached hydrogens (tertiary/aromatic N) is 3. The number of aliphatic carboxylic acids is 1. The van der Waals surface area contributed by atoms with Gasteiger partial charge in [-0.05, 0) is 94.5 Å². The van der Waals surface area contributed by atoms with Gasteiger partial charge in [-0.25, -0.2) is 20.0 Å². The number of primary amides is 1. The third-order valence-corrected chi connectivity index (χ3v) is 15.1. The molecule has 0 bridgehead atoms. The number of fused-ring (bicyclic) bond motifs is 1. The zero-order chi connectivity index (χ0) is 72.6. The van der Waals surface area contributed by atoms with Gasteiger partial charge in [-0.15, -0.1) is 0 Å². The van der Waals surface area contributed by atoms with Crippen molar-refractivity contribution in [2.24, 2.45) is 28.1 Å². The highest BCUT2D eigenvalue weighted by molar-refractivity contribution is 5.99. The highest BCUT2D eigenvalue weighted by atomic mass is 19.4.